The molecule has 1 fully saturated rings. The quantitative estimate of drug-likeness (QED) is 0.636. The molecule has 1 N–H and O–H groups in total. The number of ether oxygens (including phenoxy) is 1. The standard InChI is InChI=1S/C12H25NO/c1-4-14-7-5-6-12(8-11(2)3)9-13-10-12/h11,13H,4-10H2,1-3H3. The van der Waals surface area contributed by atoms with Crippen LogP contribution in [0.3, 0.4) is 0 Å². The second-order valence-electron chi connectivity index (χ2n) is 5.00. The van der Waals surface area contributed by atoms with Crippen molar-refractivity contribution in [3.8, 4) is 0 Å². The van der Waals surface area contributed by atoms with Gasteiger partial charge >= 0.3 is 0 Å². The Morgan fingerprint density at radius 2 is 2.07 bits per heavy atom. The SMILES string of the molecule is CCOCCCC1(CC(C)C)CNC1. The van der Waals surface area contributed by atoms with Crippen LogP contribution in [0.15, 0.2) is 0 Å². The van der Waals surface area contributed by atoms with Crippen LogP contribution in [0.5, 0.6) is 0 Å². The molecule has 2 heteroatoms. The second kappa shape index (κ2) is 5.72. The summed E-state index contributed by atoms with van der Waals surface area (Å²) < 4.78 is 5.38. The first-order valence-electron chi connectivity index (χ1n) is 5.97. The molecule has 0 aromatic rings. The van der Waals surface area contributed by atoms with Crippen molar-refractivity contribution in [2.24, 2.45) is 11.3 Å². The Bertz CT molecular complexity index is 152. The molecule has 0 bridgehead atoms. The molecule has 1 saturated heterocycles. The zero-order chi connectivity index (χ0) is 10.4. The summed E-state index contributed by atoms with van der Waals surface area (Å²) in [5.74, 6) is 0.823. The Morgan fingerprint density at radius 3 is 2.50 bits per heavy atom. The number of rotatable bonds is 7. The van der Waals surface area contributed by atoms with Crippen molar-refractivity contribution in [3.63, 3.8) is 0 Å². The topological polar surface area (TPSA) is 21.3 Å². The van der Waals surface area contributed by atoms with Crippen LogP contribution in [0.4, 0.5) is 0 Å². The van der Waals surface area contributed by atoms with Gasteiger partial charge < -0.3 is 10.1 Å². The summed E-state index contributed by atoms with van der Waals surface area (Å²) >= 11 is 0. The highest BCUT2D eigenvalue weighted by molar-refractivity contribution is 4.92. The van der Waals surface area contributed by atoms with Gasteiger partial charge in [-0.25, -0.2) is 0 Å². The van der Waals surface area contributed by atoms with Crippen LogP contribution in [0.2, 0.25) is 0 Å². The van der Waals surface area contributed by atoms with E-state index in [-0.39, 0.29) is 0 Å². The van der Waals surface area contributed by atoms with Crippen molar-refractivity contribution >= 4 is 0 Å². The Balaban J connectivity index is 2.17. The Labute approximate surface area is 88.4 Å². The summed E-state index contributed by atoms with van der Waals surface area (Å²) in [6.07, 6.45) is 3.92. The molecule has 1 aliphatic rings. The van der Waals surface area contributed by atoms with Gasteiger partial charge in [0.1, 0.15) is 0 Å². The van der Waals surface area contributed by atoms with Crippen LogP contribution in [0.25, 0.3) is 0 Å². The minimum Gasteiger partial charge on any atom is -0.382 e. The Hall–Kier alpha value is -0.0800. The molecular formula is C12H25NO. The lowest BCUT2D eigenvalue weighted by molar-refractivity contribution is 0.0855. The fraction of sp³-hybridized carbons (Fsp3) is 1.00. The van der Waals surface area contributed by atoms with Gasteiger partial charge in [-0.3, -0.25) is 0 Å². The van der Waals surface area contributed by atoms with Crippen LogP contribution >= 0.6 is 0 Å². The monoisotopic (exact) mass is 199 g/mol. The first-order valence-corrected chi connectivity index (χ1v) is 5.97. The van der Waals surface area contributed by atoms with Crippen LogP contribution in [0, 0.1) is 11.3 Å². The van der Waals surface area contributed by atoms with Crippen LogP contribution in [-0.2, 0) is 4.74 Å². The largest absolute Gasteiger partial charge is 0.382 e. The van der Waals surface area contributed by atoms with Crippen molar-refractivity contribution in [1.29, 1.82) is 0 Å². The zero-order valence-corrected chi connectivity index (χ0v) is 9.94. The molecule has 1 aliphatic heterocycles. The highest BCUT2D eigenvalue weighted by Gasteiger charge is 2.36. The third kappa shape index (κ3) is 3.58. The van der Waals surface area contributed by atoms with E-state index >= 15 is 0 Å². The van der Waals surface area contributed by atoms with Gasteiger partial charge in [0.15, 0.2) is 0 Å². The molecule has 0 unspecified atom stereocenters. The van der Waals surface area contributed by atoms with Crippen molar-refractivity contribution < 1.29 is 4.74 Å². The van der Waals surface area contributed by atoms with E-state index in [4.69, 9.17) is 4.74 Å². The first kappa shape index (κ1) is 12.0. The van der Waals surface area contributed by atoms with Crippen LogP contribution in [-0.4, -0.2) is 26.3 Å². The normalized spacial score (nSPS) is 19.7. The van der Waals surface area contributed by atoms with Crippen molar-refractivity contribution in [2.45, 2.75) is 40.0 Å². The number of hydrogen-bond acceptors (Lipinski definition) is 2. The highest BCUT2D eigenvalue weighted by Crippen LogP contribution is 2.35. The molecule has 0 spiro atoms. The fourth-order valence-corrected chi connectivity index (χ4v) is 2.46. The molecule has 0 aromatic heterocycles. The van der Waals surface area contributed by atoms with E-state index in [1.807, 2.05) is 0 Å². The minimum absolute atomic E-state index is 0.602. The predicted octanol–water partition coefficient (Wildman–Crippen LogP) is 2.44. The van der Waals surface area contributed by atoms with Gasteiger partial charge in [0.2, 0.25) is 0 Å². The Morgan fingerprint density at radius 1 is 1.36 bits per heavy atom. The molecule has 14 heavy (non-hydrogen) atoms. The smallest absolute Gasteiger partial charge is 0.0466 e. The van der Waals surface area contributed by atoms with Crippen molar-refractivity contribution in [2.75, 3.05) is 26.3 Å². The lowest BCUT2D eigenvalue weighted by Crippen LogP contribution is -2.54. The van der Waals surface area contributed by atoms with Gasteiger partial charge in [-0.05, 0) is 37.5 Å². The van der Waals surface area contributed by atoms with Gasteiger partial charge in [-0.1, -0.05) is 13.8 Å². The summed E-state index contributed by atoms with van der Waals surface area (Å²) in [5, 5.41) is 3.41. The molecule has 1 rings (SSSR count). The van der Waals surface area contributed by atoms with E-state index in [1.54, 1.807) is 0 Å². The summed E-state index contributed by atoms with van der Waals surface area (Å²) in [6, 6.07) is 0. The maximum atomic E-state index is 5.38. The van der Waals surface area contributed by atoms with Gasteiger partial charge in [-0.2, -0.15) is 0 Å². The van der Waals surface area contributed by atoms with Gasteiger partial charge in [-0.15, -0.1) is 0 Å². The maximum absolute atomic E-state index is 5.38. The average molecular weight is 199 g/mol. The fourth-order valence-electron chi connectivity index (χ4n) is 2.46. The maximum Gasteiger partial charge on any atom is 0.0466 e. The molecule has 0 aromatic carbocycles. The molecular weight excluding hydrogens is 174 g/mol. The summed E-state index contributed by atoms with van der Waals surface area (Å²) in [6.45, 7) is 10.9. The summed E-state index contributed by atoms with van der Waals surface area (Å²) in [4.78, 5) is 0. The second-order valence-corrected chi connectivity index (χ2v) is 5.00. The van der Waals surface area contributed by atoms with Gasteiger partial charge in [0, 0.05) is 26.3 Å². The third-order valence-electron chi connectivity index (χ3n) is 3.04. The first-order chi connectivity index (χ1) is 6.68. The van der Waals surface area contributed by atoms with Crippen molar-refractivity contribution in [1.82, 2.24) is 5.32 Å². The molecule has 0 amide bonds. The Kier molecular flexibility index (Phi) is 4.90. The molecule has 84 valence electrons. The van der Waals surface area contributed by atoms with Gasteiger partial charge in [0.25, 0.3) is 0 Å². The molecule has 0 aliphatic carbocycles. The third-order valence-corrected chi connectivity index (χ3v) is 3.04. The average Bonchev–Trinajstić information content (AvgIpc) is 2.07. The highest BCUT2D eigenvalue weighted by atomic mass is 16.5. The molecule has 0 radical (unpaired) electrons. The van der Waals surface area contributed by atoms with E-state index < -0.39 is 0 Å². The molecule has 0 saturated carbocycles. The van der Waals surface area contributed by atoms with E-state index in [1.165, 1.54) is 32.4 Å². The van der Waals surface area contributed by atoms with Gasteiger partial charge in [0.05, 0.1) is 0 Å². The summed E-state index contributed by atoms with van der Waals surface area (Å²) in [5.41, 5.74) is 0.602. The predicted molar refractivity (Wildman–Crippen MR) is 60.5 cm³/mol. The lowest BCUT2D eigenvalue weighted by Gasteiger charge is -2.44. The van der Waals surface area contributed by atoms with Crippen LogP contribution in [0.1, 0.15) is 40.0 Å². The van der Waals surface area contributed by atoms with E-state index in [9.17, 15) is 0 Å². The summed E-state index contributed by atoms with van der Waals surface area (Å²) in [7, 11) is 0. The number of nitrogens with one attached hydrogen (secondary N) is 1. The molecule has 2 nitrogen and oxygen atoms in total. The zero-order valence-electron chi connectivity index (χ0n) is 9.94. The van der Waals surface area contributed by atoms with E-state index in [0.717, 1.165) is 19.1 Å². The van der Waals surface area contributed by atoms with Crippen LogP contribution < -0.4 is 5.32 Å². The molecule has 0 atom stereocenters. The molecule has 1 heterocycles. The minimum atomic E-state index is 0.602. The lowest BCUT2D eigenvalue weighted by atomic mass is 9.72. The van der Waals surface area contributed by atoms with E-state index in [0.29, 0.717) is 5.41 Å². The number of hydrogen-bond donors (Lipinski definition) is 1. The van der Waals surface area contributed by atoms with Crippen molar-refractivity contribution in [3.05, 3.63) is 0 Å². The van der Waals surface area contributed by atoms with E-state index in [2.05, 4.69) is 26.1 Å².